The summed E-state index contributed by atoms with van der Waals surface area (Å²) in [6.45, 7) is 6.13. The Balaban J connectivity index is 1.92. The highest BCUT2D eigenvalue weighted by atomic mass is 16.5. The van der Waals surface area contributed by atoms with Crippen LogP contribution in [-0.2, 0) is 6.54 Å². The van der Waals surface area contributed by atoms with Crippen LogP contribution in [0.15, 0.2) is 28.9 Å². The van der Waals surface area contributed by atoms with Crippen molar-refractivity contribution in [1.29, 1.82) is 0 Å². The first-order chi connectivity index (χ1) is 12.0. The quantitative estimate of drug-likeness (QED) is 0.768. The van der Waals surface area contributed by atoms with Crippen LogP contribution in [0.25, 0.3) is 11.1 Å². The lowest BCUT2D eigenvalue weighted by atomic mass is 10.0. The summed E-state index contributed by atoms with van der Waals surface area (Å²) < 4.78 is 10.5. The van der Waals surface area contributed by atoms with Gasteiger partial charge in [0.2, 0.25) is 5.88 Å². The molecule has 3 aromatic rings. The number of hydrogen-bond donors (Lipinski definition) is 1. The number of amides is 1. The summed E-state index contributed by atoms with van der Waals surface area (Å²) in [5, 5.41) is 7.49. The van der Waals surface area contributed by atoms with Gasteiger partial charge in [0, 0.05) is 24.0 Å². The third-order valence-corrected chi connectivity index (χ3v) is 3.96. The van der Waals surface area contributed by atoms with Crippen molar-refractivity contribution < 1.29 is 14.1 Å². The molecule has 0 saturated heterocycles. The van der Waals surface area contributed by atoms with Crippen LogP contribution in [0.5, 0.6) is 5.88 Å². The standard InChI is InChI=1S/C18H20N4O3/c1-10(2)14-8-13(15-11(3)22-25-18(15)21-14)16(23)20-9-12-6-5-7-19-17(12)24-4/h5-8,10H,9H2,1-4H3,(H,20,23). The fraction of sp³-hybridized carbons (Fsp3) is 0.333. The van der Waals surface area contributed by atoms with Gasteiger partial charge in [-0.3, -0.25) is 4.79 Å². The van der Waals surface area contributed by atoms with Gasteiger partial charge in [-0.2, -0.15) is 0 Å². The fourth-order valence-electron chi connectivity index (χ4n) is 2.60. The van der Waals surface area contributed by atoms with Crippen LogP contribution in [-0.4, -0.2) is 28.1 Å². The number of ether oxygens (including phenoxy) is 1. The van der Waals surface area contributed by atoms with Crippen LogP contribution in [0.2, 0.25) is 0 Å². The second-order valence-electron chi connectivity index (χ2n) is 6.05. The van der Waals surface area contributed by atoms with Crippen molar-refractivity contribution in [3.05, 3.63) is 46.9 Å². The van der Waals surface area contributed by atoms with E-state index in [0.717, 1.165) is 11.3 Å². The number of pyridine rings is 2. The lowest BCUT2D eigenvalue weighted by Crippen LogP contribution is -2.24. The van der Waals surface area contributed by atoms with Gasteiger partial charge in [-0.15, -0.1) is 0 Å². The molecule has 0 aliphatic rings. The average molecular weight is 340 g/mol. The second-order valence-corrected chi connectivity index (χ2v) is 6.05. The maximum atomic E-state index is 12.8. The molecular weight excluding hydrogens is 320 g/mol. The van der Waals surface area contributed by atoms with E-state index in [2.05, 4.69) is 20.4 Å². The highest BCUT2D eigenvalue weighted by Crippen LogP contribution is 2.25. The van der Waals surface area contributed by atoms with E-state index in [0.29, 0.717) is 34.8 Å². The first kappa shape index (κ1) is 16.9. The minimum Gasteiger partial charge on any atom is -0.481 e. The van der Waals surface area contributed by atoms with Gasteiger partial charge in [-0.1, -0.05) is 25.1 Å². The average Bonchev–Trinajstić information content (AvgIpc) is 3.00. The van der Waals surface area contributed by atoms with E-state index >= 15 is 0 Å². The SMILES string of the molecule is COc1ncccc1CNC(=O)c1cc(C(C)C)nc2onc(C)c12. The van der Waals surface area contributed by atoms with Crippen molar-refractivity contribution >= 4 is 17.0 Å². The molecule has 25 heavy (non-hydrogen) atoms. The number of hydrogen-bond acceptors (Lipinski definition) is 6. The topological polar surface area (TPSA) is 90.1 Å². The number of aromatic nitrogens is 3. The van der Waals surface area contributed by atoms with Crippen molar-refractivity contribution in [1.82, 2.24) is 20.4 Å². The van der Waals surface area contributed by atoms with Crippen LogP contribution in [0, 0.1) is 6.92 Å². The molecule has 0 radical (unpaired) electrons. The molecule has 0 aliphatic heterocycles. The van der Waals surface area contributed by atoms with Gasteiger partial charge in [-0.25, -0.2) is 9.97 Å². The number of aryl methyl sites for hydroxylation is 1. The molecule has 3 aromatic heterocycles. The molecule has 0 aromatic carbocycles. The predicted octanol–water partition coefficient (Wildman–Crippen LogP) is 2.99. The number of methoxy groups -OCH3 is 1. The van der Waals surface area contributed by atoms with Crippen LogP contribution in [0.3, 0.4) is 0 Å². The number of nitrogens with zero attached hydrogens (tertiary/aromatic N) is 3. The van der Waals surface area contributed by atoms with Crippen molar-refractivity contribution in [2.45, 2.75) is 33.2 Å². The number of carbonyl (C=O) groups excluding carboxylic acids is 1. The second kappa shape index (κ2) is 6.88. The zero-order chi connectivity index (χ0) is 18.0. The third kappa shape index (κ3) is 3.31. The van der Waals surface area contributed by atoms with Crippen LogP contribution >= 0.6 is 0 Å². The van der Waals surface area contributed by atoms with Crippen molar-refractivity contribution in [2.24, 2.45) is 0 Å². The van der Waals surface area contributed by atoms with Gasteiger partial charge in [0.1, 0.15) is 0 Å². The molecule has 0 unspecified atom stereocenters. The molecule has 3 rings (SSSR count). The normalized spacial score (nSPS) is 11.1. The summed E-state index contributed by atoms with van der Waals surface area (Å²) in [6, 6.07) is 5.46. The van der Waals surface area contributed by atoms with E-state index in [-0.39, 0.29) is 11.8 Å². The summed E-state index contributed by atoms with van der Waals surface area (Å²) in [4.78, 5) is 21.4. The van der Waals surface area contributed by atoms with Gasteiger partial charge in [0.05, 0.1) is 23.8 Å². The van der Waals surface area contributed by atoms with Crippen LogP contribution in [0.4, 0.5) is 0 Å². The molecule has 3 heterocycles. The number of carbonyl (C=O) groups is 1. The maximum Gasteiger partial charge on any atom is 0.259 e. The Morgan fingerprint density at radius 2 is 2.20 bits per heavy atom. The monoisotopic (exact) mass is 340 g/mol. The van der Waals surface area contributed by atoms with Crippen molar-refractivity contribution in [3.63, 3.8) is 0 Å². The van der Waals surface area contributed by atoms with Gasteiger partial charge in [-0.05, 0) is 25.0 Å². The van der Waals surface area contributed by atoms with Gasteiger partial charge < -0.3 is 14.6 Å². The zero-order valence-electron chi connectivity index (χ0n) is 14.7. The largest absolute Gasteiger partial charge is 0.481 e. The molecule has 0 aliphatic carbocycles. The van der Waals surface area contributed by atoms with Gasteiger partial charge in [0.15, 0.2) is 0 Å². The summed E-state index contributed by atoms with van der Waals surface area (Å²) in [7, 11) is 1.55. The number of fused-ring (bicyclic) bond motifs is 1. The Bertz CT molecular complexity index is 918. The molecule has 0 spiro atoms. The molecule has 0 bridgehead atoms. The Kier molecular flexibility index (Phi) is 4.65. The molecule has 0 saturated carbocycles. The minimum atomic E-state index is -0.216. The van der Waals surface area contributed by atoms with E-state index in [1.807, 2.05) is 19.9 Å². The lowest BCUT2D eigenvalue weighted by molar-refractivity contribution is 0.0952. The molecule has 1 N–H and O–H groups in total. The molecule has 0 atom stereocenters. The summed E-state index contributed by atoms with van der Waals surface area (Å²) >= 11 is 0. The molecule has 7 nitrogen and oxygen atoms in total. The number of nitrogens with one attached hydrogen (secondary N) is 1. The van der Waals surface area contributed by atoms with E-state index < -0.39 is 0 Å². The molecule has 7 heteroatoms. The minimum absolute atomic E-state index is 0.166. The summed E-state index contributed by atoms with van der Waals surface area (Å²) in [5.74, 6) is 0.443. The Labute approximate surface area is 145 Å². The van der Waals surface area contributed by atoms with Gasteiger partial charge >= 0.3 is 0 Å². The molecule has 0 fully saturated rings. The highest BCUT2D eigenvalue weighted by Gasteiger charge is 2.20. The van der Waals surface area contributed by atoms with Gasteiger partial charge in [0.25, 0.3) is 11.6 Å². The number of rotatable bonds is 5. The van der Waals surface area contributed by atoms with Crippen LogP contribution in [0.1, 0.15) is 47.1 Å². The third-order valence-electron chi connectivity index (χ3n) is 3.96. The Hall–Kier alpha value is -2.96. The molecule has 1 amide bonds. The summed E-state index contributed by atoms with van der Waals surface area (Å²) in [6.07, 6.45) is 1.64. The summed E-state index contributed by atoms with van der Waals surface area (Å²) in [5.41, 5.74) is 3.12. The van der Waals surface area contributed by atoms with E-state index in [1.165, 1.54) is 0 Å². The molecule has 130 valence electrons. The van der Waals surface area contributed by atoms with E-state index in [4.69, 9.17) is 9.26 Å². The fourth-order valence-corrected chi connectivity index (χ4v) is 2.60. The zero-order valence-corrected chi connectivity index (χ0v) is 14.7. The first-order valence-corrected chi connectivity index (χ1v) is 8.04. The smallest absolute Gasteiger partial charge is 0.259 e. The Morgan fingerprint density at radius 3 is 2.92 bits per heavy atom. The first-order valence-electron chi connectivity index (χ1n) is 8.04. The van der Waals surface area contributed by atoms with Crippen LogP contribution < -0.4 is 10.1 Å². The Morgan fingerprint density at radius 1 is 1.40 bits per heavy atom. The van der Waals surface area contributed by atoms with E-state index in [1.54, 1.807) is 32.4 Å². The van der Waals surface area contributed by atoms with E-state index in [9.17, 15) is 4.79 Å². The maximum absolute atomic E-state index is 12.8. The highest BCUT2D eigenvalue weighted by molar-refractivity contribution is 6.06. The predicted molar refractivity (Wildman–Crippen MR) is 92.6 cm³/mol. The lowest BCUT2D eigenvalue weighted by Gasteiger charge is -2.11. The van der Waals surface area contributed by atoms with Crippen molar-refractivity contribution in [3.8, 4) is 5.88 Å². The van der Waals surface area contributed by atoms with Crippen molar-refractivity contribution in [2.75, 3.05) is 7.11 Å². The molecular formula is C18H20N4O3.